The van der Waals surface area contributed by atoms with E-state index in [2.05, 4.69) is 31.9 Å². The summed E-state index contributed by atoms with van der Waals surface area (Å²) in [4.78, 5) is 0. The van der Waals surface area contributed by atoms with E-state index in [-0.39, 0.29) is 12.2 Å². The first-order chi connectivity index (χ1) is 6.81. The normalized spacial score (nSPS) is 12.7. The van der Waals surface area contributed by atoms with Crippen molar-refractivity contribution in [2.24, 2.45) is 0 Å². The van der Waals surface area contributed by atoms with Crippen LogP contribution in [0.25, 0.3) is 0 Å². The molecule has 0 saturated heterocycles. The van der Waals surface area contributed by atoms with Crippen molar-refractivity contribution in [1.29, 1.82) is 0 Å². The van der Waals surface area contributed by atoms with Gasteiger partial charge in [0.1, 0.15) is 3.23 Å². The van der Waals surface area contributed by atoms with Crippen molar-refractivity contribution in [3.8, 4) is 0 Å². The Kier molecular flexibility index (Phi) is 4.34. The van der Waals surface area contributed by atoms with Gasteiger partial charge in [-0.15, -0.1) is 0 Å². The minimum Gasteiger partial charge on any atom is -0.286 e. The van der Waals surface area contributed by atoms with Crippen LogP contribution in [-0.2, 0) is 13.4 Å². The fraction of sp³-hybridized carbons (Fsp3) is 0.333. The van der Waals surface area contributed by atoms with Gasteiger partial charge in [-0.25, -0.2) is 0 Å². The molecular formula is C9H10Br2O3S. The van der Waals surface area contributed by atoms with Gasteiger partial charge in [0, 0.05) is 0 Å². The fourth-order valence-corrected chi connectivity index (χ4v) is 3.10. The maximum atomic E-state index is 10.6. The largest absolute Gasteiger partial charge is 0.286 e. The van der Waals surface area contributed by atoms with Crippen LogP contribution in [0.15, 0.2) is 30.3 Å². The van der Waals surface area contributed by atoms with Gasteiger partial charge >= 0.3 is 0 Å². The van der Waals surface area contributed by atoms with Crippen molar-refractivity contribution in [3.05, 3.63) is 35.9 Å². The predicted octanol–water partition coefficient (Wildman–Crippen LogP) is 2.91. The molecule has 0 spiro atoms. The molecule has 0 heterocycles. The summed E-state index contributed by atoms with van der Waals surface area (Å²) in [6, 6.07) is 9.34. The highest BCUT2D eigenvalue weighted by molar-refractivity contribution is 9.24. The Hall–Kier alpha value is 0.0900. The Morgan fingerprint density at radius 1 is 1.20 bits per heavy atom. The van der Waals surface area contributed by atoms with Crippen molar-refractivity contribution < 1.29 is 13.0 Å². The molecule has 1 N–H and O–H groups in total. The standard InChI is InChI=1S/C9H10Br2O3S/c10-9(11,6-7-15(12,13)14)8-4-2-1-3-5-8/h1-5H,6-7H2,(H,12,13,14). The number of halogens is 2. The lowest BCUT2D eigenvalue weighted by atomic mass is 10.1. The number of hydrogen-bond donors (Lipinski definition) is 1. The van der Waals surface area contributed by atoms with E-state index in [1.54, 1.807) is 0 Å². The van der Waals surface area contributed by atoms with Crippen LogP contribution in [0.5, 0.6) is 0 Å². The summed E-state index contributed by atoms with van der Waals surface area (Å²) >= 11 is 6.77. The van der Waals surface area contributed by atoms with E-state index in [0.717, 1.165) is 5.56 Å². The number of rotatable bonds is 4. The Morgan fingerprint density at radius 2 is 1.73 bits per heavy atom. The molecule has 3 nitrogen and oxygen atoms in total. The minimum atomic E-state index is -3.93. The Bertz CT molecular complexity index is 414. The van der Waals surface area contributed by atoms with Gasteiger partial charge in [-0.3, -0.25) is 4.55 Å². The van der Waals surface area contributed by atoms with Gasteiger partial charge in [0.25, 0.3) is 10.1 Å². The highest BCUT2D eigenvalue weighted by Gasteiger charge is 2.26. The SMILES string of the molecule is O=S(=O)(O)CCC(Br)(Br)c1ccccc1. The topological polar surface area (TPSA) is 54.4 Å². The van der Waals surface area contributed by atoms with Crippen LogP contribution in [0.2, 0.25) is 0 Å². The van der Waals surface area contributed by atoms with E-state index in [1.165, 1.54) is 0 Å². The lowest BCUT2D eigenvalue weighted by Crippen LogP contribution is -2.15. The molecule has 0 atom stereocenters. The first-order valence-corrected chi connectivity index (χ1v) is 7.39. The van der Waals surface area contributed by atoms with Crippen molar-refractivity contribution in [2.75, 3.05) is 5.75 Å². The van der Waals surface area contributed by atoms with E-state index in [4.69, 9.17) is 4.55 Å². The average Bonchev–Trinajstić information content (AvgIpc) is 2.16. The van der Waals surface area contributed by atoms with Gasteiger partial charge in [0.2, 0.25) is 0 Å². The molecule has 1 rings (SSSR count). The highest BCUT2D eigenvalue weighted by atomic mass is 79.9. The third-order valence-electron chi connectivity index (χ3n) is 1.87. The van der Waals surface area contributed by atoms with Crippen LogP contribution in [0.1, 0.15) is 12.0 Å². The van der Waals surface area contributed by atoms with Gasteiger partial charge < -0.3 is 0 Å². The van der Waals surface area contributed by atoms with Gasteiger partial charge in [0.15, 0.2) is 0 Å². The summed E-state index contributed by atoms with van der Waals surface area (Å²) in [7, 11) is -3.93. The van der Waals surface area contributed by atoms with Crippen LogP contribution >= 0.6 is 31.9 Å². The molecule has 0 fully saturated rings. The zero-order chi connectivity index (χ0) is 11.5. The summed E-state index contributed by atoms with van der Waals surface area (Å²) in [5.74, 6) is -0.293. The summed E-state index contributed by atoms with van der Waals surface area (Å²) in [5, 5.41) is 0. The maximum absolute atomic E-state index is 10.6. The zero-order valence-corrected chi connectivity index (χ0v) is 11.7. The van der Waals surface area contributed by atoms with Gasteiger partial charge in [-0.05, 0) is 12.0 Å². The van der Waals surface area contributed by atoms with Crippen molar-refractivity contribution in [2.45, 2.75) is 9.65 Å². The molecular weight excluding hydrogens is 348 g/mol. The monoisotopic (exact) mass is 356 g/mol. The van der Waals surface area contributed by atoms with Crippen LogP contribution in [-0.4, -0.2) is 18.7 Å². The van der Waals surface area contributed by atoms with Crippen LogP contribution < -0.4 is 0 Å². The van der Waals surface area contributed by atoms with Gasteiger partial charge in [-0.1, -0.05) is 62.2 Å². The zero-order valence-electron chi connectivity index (χ0n) is 7.73. The third-order valence-corrected chi connectivity index (χ3v) is 4.30. The molecule has 1 aromatic carbocycles. The van der Waals surface area contributed by atoms with Crippen LogP contribution in [0.4, 0.5) is 0 Å². The van der Waals surface area contributed by atoms with Crippen LogP contribution in [0.3, 0.4) is 0 Å². The molecule has 0 unspecified atom stereocenters. The summed E-state index contributed by atoms with van der Waals surface area (Å²) in [6.07, 6.45) is 0.246. The Labute approximate surface area is 106 Å². The quantitative estimate of drug-likeness (QED) is 0.665. The molecule has 1 aromatic rings. The van der Waals surface area contributed by atoms with Gasteiger partial charge in [0.05, 0.1) is 5.75 Å². The fourth-order valence-electron chi connectivity index (χ4n) is 1.08. The third kappa shape index (κ3) is 4.63. The lowest BCUT2D eigenvalue weighted by molar-refractivity contribution is 0.480. The molecule has 0 aromatic heterocycles. The molecule has 84 valence electrons. The number of benzene rings is 1. The van der Waals surface area contributed by atoms with E-state index in [1.807, 2.05) is 30.3 Å². The minimum absolute atomic E-state index is 0.246. The summed E-state index contributed by atoms with van der Waals surface area (Å²) in [6.45, 7) is 0. The van der Waals surface area contributed by atoms with Crippen molar-refractivity contribution in [1.82, 2.24) is 0 Å². The van der Waals surface area contributed by atoms with Gasteiger partial charge in [-0.2, -0.15) is 8.42 Å². The second-order valence-electron chi connectivity index (χ2n) is 3.11. The summed E-state index contributed by atoms with van der Waals surface area (Å²) < 4.78 is 29.3. The smallest absolute Gasteiger partial charge is 0.264 e. The molecule has 0 amide bonds. The second-order valence-corrected chi connectivity index (χ2v) is 8.45. The van der Waals surface area contributed by atoms with Crippen LogP contribution in [0, 0.1) is 0 Å². The molecule has 6 heteroatoms. The number of hydrogen-bond acceptors (Lipinski definition) is 2. The molecule has 0 radical (unpaired) electrons. The first kappa shape index (κ1) is 13.2. The first-order valence-electron chi connectivity index (χ1n) is 4.20. The maximum Gasteiger partial charge on any atom is 0.264 e. The molecule has 0 aliphatic rings. The Balaban J connectivity index is 2.76. The molecule has 0 saturated carbocycles. The second kappa shape index (κ2) is 4.95. The van der Waals surface area contributed by atoms with Crippen molar-refractivity contribution >= 4 is 42.0 Å². The van der Waals surface area contributed by atoms with Crippen molar-refractivity contribution in [3.63, 3.8) is 0 Å². The number of alkyl halides is 2. The highest BCUT2D eigenvalue weighted by Crippen LogP contribution is 2.41. The van der Waals surface area contributed by atoms with E-state index < -0.39 is 13.4 Å². The van der Waals surface area contributed by atoms with E-state index in [0.29, 0.717) is 0 Å². The van der Waals surface area contributed by atoms with E-state index in [9.17, 15) is 8.42 Å². The molecule has 0 aliphatic heterocycles. The molecule has 0 aliphatic carbocycles. The molecule has 0 bridgehead atoms. The summed E-state index contributed by atoms with van der Waals surface area (Å²) in [5.41, 5.74) is 0.911. The average molecular weight is 358 g/mol. The molecule has 15 heavy (non-hydrogen) atoms. The predicted molar refractivity (Wildman–Crippen MR) is 67.0 cm³/mol. The van der Waals surface area contributed by atoms with E-state index >= 15 is 0 Å². The lowest BCUT2D eigenvalue weighted by Gasteiger charge is -2.19. The Morgan fingerprint density at radius 3 is 2.20 bits per heavy atom.